The van der Waals surface area contributed by atoms with E-state index < -0.39 is 6.10 Å². The minimum atomic E-state index is -0.539. The molecular formula is C18H21NO3. The SMILES string of the molecule is COc1ccc2c3c1O[C@@H]1[C@H](O)C=C[C@H]4[C@@H](C2)N(C)CC[C@]314. The van der Waals surface area contributed by atoms with Crippen molar-refractivity contribution in [3.63, 3.8) is 0 Å². The van der Waals surface area contributed by atoms with E-state index in [4.69, 9.17) is 9.47 Å². The van der Waals surface area contributed by atoms with Crippen LogP contribution < -0.4 is 9.47 Å². The minimum absolute atomic E-state index is 0.0806. The van der Waals surface area contributed by atoms with Crippen molar-refractivity contribution in [2.75, 3.05) is 20.7 Å². The van der Waals surface area contributed by atoms with Crippen LogP contribution >= 0.6 is 0 Å². The zero-order valence-corrected chi connectivity index (χ0v) is 13.0. The second-order valence-corrected chi connectivity index (χ2v) is 7.11. The van der Waals surface area contributed by atoms with Crippen LogP contribution in [0.3, 0.4) is 0 Å². The molecule has 0 amide bonds. The smallest absolute Gasteiger partial charge is 0.165 e. The summed E-state index contributed by atoms with van der Waals surface area (Å²) in [7, 11) is 3.91. The Bertz CT molecular complexity index is 685. The number of hydrogen-bond donors (Lipinski definition) is 1. The fraction of sp³-hybridized carbons (Fsp3) is 0.556. The molecule has 5 rings (SSSR count). The van der Waals surface area contributed by atoms with Crippen molar-refractivity contribution in [2.24, 2.45) is 5.92 Å². The second kappa shape index (κ2) is 4.06. The molecule has 1 saturated heterocycles. The van der Waals surface area contributed by atoms with Crippen LogP contribution in [0, 0.1) is 5.92 Å². The average molecular weight is 299 g/mol. The molecule has 1 fully saturated rings. The zero-order chi connectivity index (χ0) is 15.1. The number of aliphatic hydroxyl groups excluding tert-OH is 1. The fourth-order valence-electron chi connectivity index (χ4n) is 5.39. The lowest BCUT2D eigenvalue weighted by atomic mass is 9.53. The summed E-state index contributed by atoms with van der Waals surface area (Å²) in [4.78, 5) is 2.47. The van der Waals surface area contributed by atoms with Gasteiger partial charge in [0.05, 0.1) is 7.11 Å². The van der Waals surface area contributed by atoms with Crippen LogP contribution in [0.15, 0.2) is 24.3 Å². The summed E-state index contributed by atoms with van der Waals surface area (Å²) in [5.41, 5.74) is 2.60. The molecule has 1 spiro atoms. The van der Waals surface area contributed by atoms with Gasteiger partial charge in [0.15, 0.2) is 11.5 Å². The van der Waals surface area contributed by atoms with Gasteiger partial charge in [0.1, 0.15) is 12.2 Å². The van der Waals surface area contributed by atoms with Crippen LogP contribution in [-0.4, -0.2) is 49.0 Å². The van der Waals surface area contributed by atoms with Gasteiger partial charge in [-0.15, -0.1) is 0 Å². The standard InChI is InChI=1S/C18H21NO3/c1-19-8-7-18-11-4-5-13(20)17(18)22-16-14(21-2)6-3-10(15(16)18)9-12(11)19/h3-6,11-13,17,20H,7-9H2,1-2H3/t11-,12+,13+,17+,18-/m0/s1. The number of nitrogens with zero attached hydrogens (tertiary/aromatic N) is 1. The van der Waals surface area contributed by atoms with E-state index in [0.717, 1.165) is 30.9 Å². The molecule has 22 heavy (non-hydrogen) atoms. The Morgan fingerprint density at radius 2 is 2.23 bits per heavy atom. The molecule has 0 unspecified atom stereocenters. The third-order valence-corrected chi connectivity index (χ3v) is 6.35. The lowest BCUT2D eigenvalue weighted by Gasteiger charge is -2.56. The first kappa shape index (κ1) is 13.0. The Hall–Kier alpha value is -1.52. The molecule has 2 aliphatic heterocycles. The lowest BCUT2D eigenvalue weighted by Crippen LogP contribution is -2.64. The third-order valence-electron chi connectivity index (χ3n) is 6.35. The number of methoxy groups -OCH3 is 1. The third kappa shape index (κ3) is 1.28. The number of aliphatic hydroxyl groups is 1. The maximum absolute atomic E-state index is 10.6. The molecule has 4 nitrogen and oxygen atoms in total. The van der Waals surface area contributed by atoms with Gasteiger partial charge in [-0.2, -0.15) is 0 Å². The molecule has 1 aromatic carbocycles. The highest BCUT2D eigenvalue weighted by atomic mass is 16.5. The first-order chi connectivity index (χ1) is 10.7. The summed E-state index contributed by atoms with van der Waals surface area (Å²) in [6.45, 7) is 1.05. The van der Waals surface area contributed by atoms with E-state index in [1.54, 1.807) is 7.11 Å². The quantitative estimate of drug-likeness (QED) is 0.798. The number of piperidine rings is 1. The summed E-state index contributed by atoms with van der Waals surface area (Å²) < 4.78 is 11.8. The van der Waals surface area contributed by atoms with E-state index in [2.05, 4.69) is 24.1 Å². The van der Waals surface area contributed by atoms with Crippen LogP contribution in [0.2, 0.25) is 0 Å². The predicted octanol–water partition coefficient (Wildman–Crippen LogP) is 1.50. The summed E-state index contributed by atoms with van der Waals surface area (Å²) >= 11 is 0. The molecule has 0 aromatic heterocycles. The van der Waals surface area contributed by atoms with Gasteiger partial charge in [-0.3, -0.25) is 0 Å². The molecular weight excluding hydrogens is 278 g/mol. The number of rotatable bonds is 1. The molecule has 0 saturated carbocycles. The largest absolute Gasteiger partial charge is 0.493 e. The van der Waals surface area contributed by atoms with Crippen molar-refractivity contribution in [1.82, 2.24) is 4.90 Å². The van der Waals surface area contributed by atoms with Crippen LogP contribution in [0.5, 0.6) is 11.5 Å². The molecule has 4 heteroatoms. The van der Waals surface area contributed by atoms with Crippen molar-refractivity contribution < 1.29 is 14.6 Å². The highest BCUT2D eigenvalue weighted by Crippen LogP contribution is 2.62. The molecule has 2 bridgehead atoms. The second-order valence-electron chi connectivity index (χ2n) is 7.11. The van der Waals surface area contributed by atoms with Crippen LogP contribution in [-0.2, 0) is 11.8 Å². The van der Waals surface area contributed by atoms with Gasteiger partial charge >= 0.3 is 0 Å². The number of benzene rings is 1. The zero-order valence-electron chi connectivity index (χ0n) is 13.0. The van der Waals surface area contributed by atoms with E-state index in [1.807, 2.05) is 12.1 Å². The van der Waals surface area contributed by atoms with Crippen molar-refractivity contribution >= 4 is 0 Å². The first-order valence-electron chi connectivity index (χ1n) is 8.10. The Kier molecular flexibility index (Phi) is 2.39. The fourth-order valence-corrected chi connectivity index (χ4v) is 5.39. The molecule has 5 atom stereocenters. The maximum atomic E-state index is 10.6. The van der Waals surface area contributed by atoms with Crippen LogP contribution in [0.25, 0.3) is 0 Å². The van der Waals surface area contributed by atoms with Gasteiger partial charge in [-0.05, 0) is 38.1 Å². The van der Waals surface area contributed by atoms with Crippen molar-refractivity contribution in [1.29, 1.82) is 0 Å². The Labute approximate surface area is 130 Å². The molecule has 1 N–H and O–H groups in total. The summed E-state index contributed by atoms with van der Waals surface area (Å²) in [6.07, 6.45) is 5.54. The monoisotopic (exact) mass is 299 g/mol. The van der Waals surface area contributed by atoms with E-state index in [-0.39, 0.29) is 11.5 Å². The summed E-state index contributed by atoms with van der Waals surface area (Å²) in [5, 5.41) is 10.6. The van der Waals surface area contributed by atoms with Gasteiger partial charge in [0.2, 0.25) is 0 Å². The molecule has 2 heterocycles. The number of likely N-dealkylation sites (tertiary alicyclic amines) is 1. The van der Waals surface area contributed by atoms with Crippen molar-refractivity contribution in [3.8, 4) is 11.5 Å². The first-order valence-corrected chi connectivity index (χ1v) is 8.10. The highest BCUT2D eigenvalue weighted by Gasteiger charge is 2.64. The number of hydrogen-bond acceptors (Lipinski definition) is 4. The van der Waals surface area contributed by atoms with E-state index in [0.29, 0.717) is 12.0 Å². The predicted molar refractivity (Wildman–Crippen MR) is 82.5 cm³/mol. The summed E-state index contributed by atoms with van der Waals surface area (Å²) in [6, 6.07) is 4.70. The minimum Gasteiger partial charge on any atom is -0.493 e. The molecule has 4 aliphatic rings. The highest BCUT2D eigenvalue weighted by molar-refractivity contribution is 5.62. The normalized spacial score (nSPS) is 41.0. The summed E-state index contributed by atoms with van der Waals surface area (Å²) in [5.74, 6) is 2.09. The maximum Gasteiger partial charge on any atom is 0.165 e. The molecule has 116 valence electrons. The Balaban J connectivity index is 1.82. The van der Waals surface area contributed by atoms with Crippen molar-refractivity contribution in [2.45, 2.75) is 36.5 Å². The molecule has 1 aromatic rings. The Morgan fingerprint density at radius 3 is 3.05 bits per heavy atom. The van der Waals surface area contributed by atoms with Gasteiger partial charge < -0.3 is 19.5 Å². The van der Waals surface area contributed by atoms with E-state index in [1.165, 1.54) is 11.1 Å². The molecule has 2 aliphatic carbocycles. The van der Waals surface area contributed by atoms with Gasteiger partial charge in [0, 0.05) is 22.9 Å². The van der Waals surface area contributed by atoms with Gasteiger partial charge in [-0.25, -0.2) is 0 Å². The topological polar surface area (TPSA) is 41.9 Å². The average Bonchev–Trinajstić information content (AvgIpc) is 2.88. The Morgan fingerprint density at radius 1 is 1.36 bits per heavy atom. The van der Waals surface area contributed by atoms with Gasteiger partial charge in [-0.1, -0.05) is 18.2 Å². The van der Waals surface area contributed by atoms with Crippen LogP contribution in [0.4, 0.5) is 0 Å². The van der Waals surface area contributed by atoms with Gasteiger partial charge in [0.25, 0.3) is 0 Å². The van der Waals surface area contributed by atoms with Crippen LogP contribution in [0.1, 0.15) is 17.5 Å². The van der Waals surface area contributed by atoms with E-state index >= 15 is 0 Å². The number of ether oxygens (including phenoxy) is 2. The lowest BCUT2D eigenvalue weighted by molar-refractivity contribution is -0.0453. The van der Waals surface area contributed by atoms with E-state index in [9.17, 15) is 5.11 Å². The molecule has 0 radical (unpaired) electrons. The number of likely N-dealkylation sites (N-methyl/N-ethyl adjacent to an activating group) is 1. The van der Waals surface area contributed by atoms with Crippen molar-refractivity contribution in [3.05, 3.63) is 35.4 Å².